The number of hydrogen-bond acceptors (Lipinski definition) is 3. The number of nitrogens with zero attached hydrogens (tertiary/aromatic N) is 1. The van der Waals surface area contributed by atoms with Crippen LogP contribution in [0.4, 0.5) is 0 Å². The minimum Gasteiger partial charge on any atom is -0.353 e. The summed E-state index contributed by atoms with van der Waals surface area (Å²) in [6, 6.07) is 7.82. The van der Waals surface area contributed by atoms with E-state index in [0.717, 1.165) is 9.37 Å². The van der Waals surface area contributed by atoms with Crippen molar-refractivity contribution >= 4 is 39.5 Å². The van der Waals surface area contributed by atoms with E-state index in [-0.39, 0.29) is 18.4 Å². The van der Waals surface area contributed by atoms with Crippen molar-refractivity contribution in [2.75, 3.05) is 25.4 Å². The summed E-state index contributed by atoms with van der Waals surface area (Å²) in [6.07, 6.45) is 0. The van der Waals surface area contributed by atoms with Crippen LogP contribution < -0.4 is 5.32 Å². The van der Waals surface area contributed by atoms with Gasteiger partial charge in [-0.25, -0.2) is 0 Å². The van der Waals surface area contributed by atoms with Crippen molar-refractivity contribution in [1.82, 2.24) is 10.2 Å². The minimum atomic E-state index is -0.0803. The van der Waals surface area contributed by atoms with Gasteiger partial charge < -0.3 is 10.2 Å². The lowest BCUT2D eigenvalue weighted by molar-refractivity contribution is -0.136. The van der Waals surface area contributed by atoms with Crippen LogP contribution in [0.1, 0.15) is 0 Å². The second kappa shape index (κ2) is 6.24. The average molecular weight is 329 g/mol. The maximum absolute atomic E-state index is 11.9. The van der Waals surface area contributed by atoms with Crippen LogP contribution in [-0.4, -0.2) is 42.1 Å². The molecule has 1 saturated heterocycles. The monoisotopic (exact) mass is 328 g/mol. The van der Waals surface area contributed by atoms with E-state index < -0.39 is 0 Å². The predicted molar refractivity (Wildman–Crippen MR) is 74.5 cm³/mol. The van der Waals surface area contributed by atoms with Gasteiger partial charge in [0.25, 0.3) is 0 Å². The predicted octanol–water partition coefficient (Wildman–Crippen LogP) is 1.50. The summed E-state index contributed by atoms with van der Waals surface area (Å²) in [5, 5.41) is 2.70. The lowest BCUT2D eigenvalue weighted by atomic mass is 10.3. The van der Waals surface area contributed by atoms with Crippen LogP contribution in [0.5, 0.6) is 0 Å². The summed E-state index contributed by atoms with van der Waals surface area (Å²) in [4.78, 5) is 25.7. The lowest BCUT2D eigenvalue weighted by Gasteiger charge is -2.26. The zero-order valence-electron chi connectivity index (χ0n) is 9.69. The highest BCUT2D eigenvalue weighted by atomic mass is 79.9. The Hall–Kier alpha value is -1.01. The van der Waals surface area contributed by atoms with Crippen molar-refractivity contribution in [3.05, 3.63) is 28.7 Å². The molecule has 0 unspecified atom stereocenters. The Morgan fingerprint density at radius 1 is 1.39 bits per heavy atom. The first-order valence-corrected chi connectivity index (χ1v) is 7.36. The molecule has 18 heavy (non-hydrogen) atoms. The molecule has 4 nitrogen and oxygen atoms in total. The van der Waals surface area contributed by atoms with E-state index in [4.69, 9.17) is 0 Å². The maximum atomic E-state index is 11.9. The second-order valence-corrected chi connectivity index (χ2v) is 5.87. The van der Waals surface area contributed by atoms with Crippen LogP contribution in [0.3, 0.4) is 0 Å². The Morgan fingerprint density at radius 2 is 2.11 bits per heavy atom. The van der Waals surface area contributed by atoms with Crippen LogP contribution >= 0.6 is 27.7 Å². The Morgan fingerprint density at radius 3 is 2.78 bits per heavy atom. The van der Waals surface area contributed by atoms with Crippen molar-refractivity contribution in [2.24, 2.45) is 0 Å². The van der Waals surface area contributed by atoms with Gasteiger partial charge in [-0.1, -0.05) is 15.9 Å². The van der Waals surface area contributed by atoms with Gasteiger partial charge in [0.1, 0.15) is 0 Å². The fourth-order valence-corrected chi connectivity index (χ4v) is 2.68. The highest BCUT2D eigenvalue weighted by molar-refractivity contribution is 9.10. The molecule has 0 radical (unpaired) electrons. The number of carbonyl (C=O) groups excluding carboxylic acids is 2. The van der Waals surface area contributed by atoms with Gasteiger partial charge in [0.2, 0.25) is 11.8 Å². The zero-order valence-corrected chi connectivity index (χ0v) is 12.1. The summed E-state index contributed by atoms with van der Waals surface area (Å²) < 4.78 is 1.02. The number of rotatable bonds is 3. The number of thioether (sulfide) groups is 1. The van der Waals surface area contributed by atoms with Crippen molar-refractivity contribution in [3.63, 3.8) is 0 Å². The average Bonchev–Trinajstić information content (AvgIpc) is 2.38. The zero-order chi connectivity index (χ0) is 13.0. The number of amides is 2. The second-order valence-electron chi connectivity index (χ2n) is 3.91. The highest BCUT2D eigenvalue weighted by Crippen LogP contribution is 2.20. The third-order valence-corrected chi connectivity index (χ3v) is 4.09. The smallest absolute Gasteiger partial charge is 0.239 e. The number of benzene rings is 1. The first-order valence-electron chi connectivity index (χ1n) is 5.58. The summed E-state index contributed by atoms with van der Waals surface area (Å²) >= 11 is 4.85. The topological polar surface area (TPSA) is 49.4 Å². The van der Waals surface area contributed by atoms with E-state index in [1.165, 1.54) is 11.8 Å². The van der Waals surface area contributed by atoms with Gasteiger partial charge in [-0.2, -0.15) is 0 Å². The molecule has 1 fully saturated rings. The van der Waals surface area contributed by atoms with Gasteiger partial charge in [0, 0.05) is 22.5 Å². The maximum Gasteiger partial charge on any atom is 0.239 e. The highest BCUT2D eigenvalue weighted by Gasteiger charge is 2.20. The van der Waals surface area contributed by atoms with Crippen LogP contribution in [0.15, 0.2) is 33.6 Å². The van der Waals surface area contributed by atoms with Gasteiger partial charge in [0.05, 0.1) is 12.3 Å². The molecule has 0 spiro atoms. The fraction of sp³-hybridized carbons (Fsp3) is 0.333. The third-order valence-electron chi connectivity index (χ3n) is 2.57. The number of hydrogen-bond donors (Lipinski definition) is 1. The molecule has 0 saturated carbocycles. The molecule has 0 aromatic heterocycles. The molecule has 1 aliphatic rings. The lowest BCUT2D eigenvalue weighted by Crippen LogP contribution is -2.50. The van der Waals surface area contributed by atoms with Gasteiger partial charge in [-0.15, -0.1) is 11.8 Å². The first kappa shape index (κ1) is 13.4. The molecule has 1 aromatic carbocycles. The summed E-state index contributed by atoms with van der Waals surface area (Å²) in [6.45, 7) is 1.33. The van der Waals surface area contributed by atoms with Crippen molar-refractivity contribution in [2.45, 2.75) is 4.90 Å². The van der Waals surface area contributed by atoms with Crippen LogP contribution in [0, 0.1) is 0 Å². The minimum absolute atomic E-state index is 0.0118. The van der Waals surface area contributed by atoms with Crippen molar-refractivity contribution in [1.29, 1.82) is 0 Å². The van der Waals surface area contributed by atoms with E-state index >= 15 is 0 Å². The Balaban J connectivity index is 1.84. The molecule has 2 amide bonds. The van der Waals surface area contributed by atoms with E-state index in [1.54, 1.807) is 4.90 Å². The van der Waals surface area contributed by atoms with E-state index in [1.807, 2.05) is 24.3 Å². The number of nitrogens with one attached hydrogen (secondary N) is 1. The van der Waals surface area contributed by atoms with Gasteiger partial charge >= 0.3 is 0 Å². The van der Waals surface area contributed by atoms with Crippen molar-refractivity contribution < 1.29 is 9.59 Å². The van der Waals surface area contributed by atoms with Crippen LogP contribution in [0.2, 0.25) is 0 Å². The molecule has 0 aliphatic carbocycles. The summed E-state index contributed by atoms with van der Waals surface area (Å²) in [7, 11) is 0. The van der Waals surface area contributed by atoms with Crippen LogP contribution in [0.25, 0.3) is 0 Å². The molecule has 6 heteroatoms. The molecule has 96 valence electrons. The van der Waals surface area contributed by atoms with Gasteiger partial charge in [-0.3, -0.25) is 9.59 Å². The Bertz CT molecular complexity index is 450. The quantitative estimate of drug-likeness (QED) is 0.855. The molecular formula is C12H13BrN2O2S. The molecule has 0 bridgehead atoms. The third kappa shape index (κ3) is 3.74. The largest absolute Gasteiger partial charge is 0.353 e. The van der Waals surface area contributed by atoms with Gasteiger partial charge in [0.15, 0.2) is 0 Å². The SMILES string of the molecule is O=C1CN(C(=O)CSc2ccc(Br)cc2)CCN1. The van der Waals surface area contributed by atoms with E-state index in [9.17, 15) is 9.59 Å². The molecule has 1 heterocycles. The van der Waals surface area contributed by atoms with E-state index in [2.05, 4.69) is 21.2 Å². The summed E-state index contributed by atoms with van der Waals surface area (Å²) in [5.41, 5.74) is 0. The first-order chi connectivity index (χ1) is 8.65. The molecule has 1 aromatic rings. The Labute approximate surface area is 118 Å². The normalized spacial score (nSPS) is 15.4. The standard InChI is InChI=1S/C12H13BrN2O2S/c13-9-1-3-10(4-2-9)18-8-12(17)15-6-5-14-11(16)7-15/h1-4H,5-8H2,(H,14,16). The van der Waals surface area contributed by atoms with Gasteiger partial charge in [-0.05, 0) is 24.3 Å². The number of piperazine rings is 1. The number of carbonyl (C=O) groups is 2. The molecule has 0 atom stereocenters. The fourth-order valence-electron chi connectivity index (χ4n) is 1.62. The molecular weight excluding hydrogens is 316 g/mol. The van der Waals surface area contributed by atoms with E-state index in [0.29, 0.717) is 18.8 Å². The van der Waals surface area contributed by atoms with Crippen molar-refractivity contribution in [3.8, 4) is 0 Å². The number of halogens is 1. The molecule has 1 N–H and O–H groups in total. The molecule has 2 rings (SSSR count). The Kier molecular flexibility index (Phi) is 4.66. The molecule has 1 aliphatic heterocycles. The van der Waals surface area contributed by atoms with Crippen LogP contribution in [-0.2, 0) is 9.59 Å². The summed E-state index contributed by atoms with van der Waals surface area (Å²) in [5.74, 6) is 0.301.